The van der Waals surface area contributed by atoms with Crippen molar-refractivity contribution in [3.63, 3.8) is 0 Å². The second-order valence-corrected chi connectivity index (χ2v) is 9.08. The third kappa shape index (κ3) is 6.09. The Balaban J connectivity index is 1.81. The summed E-state index contributed by atoms with van der Waals surface area (Å²) < 4.78 is 38.5. The van der Waals surface area contributed by atoms with Crippen LogP contribution in [0.3, 0.4) is 0 Å². The highest BCUT2D eigenvalue weighted by Gasteiger charge is 2.36. The first-order valence-electron chi connectivity index (χ1n) is 9.94. The van der Waals surface area contributed by atoms with E-state index in [-0.39, 0.29) is 19.3 Å². The molecule has 0 radical (unpaired) electrons. The van der Waals surface area contributed by atoms with E-state index in [1.165, 1.54) is 24.3 Å². The minimum absolute atomic E-state index is 0.00898. The lowest BCUT2D eigenvalue weighted by molar-refractivity contribution is -0.731. The van der Waals surface area contributed by atoms with Crippen molar-refractivity contribution in [3.8, 4) is 0 Å². The summed E-state index contributed by atoms with van der Waals surface area (Å²) in [6, 6.07) is 14.3. The summed E-state index contributed by atoms with van der Waals surface area (Å²) in [6.07, 6.45) is 2.05. The zero-order valence-electron chi connectivity index (χ0n) is 16.9. The van der Waals surface area contributed by atoms with Crippen LogP contribution in [-0.4, -0.2) is 54.6 Å². The van der Waals surface area contributed by atoms with Gasteiger partial charge in [-0.2, -0.15) is 4.31 Å². The average Bonchev–Trinajstić information content (AvgIpc) is 2.78. The number of rotatable bonds is 9. The third-order valence-corrected chi connectivity index (χ3v) is 6.78. The van der Waals surface area contributed by atoms with Crippen LogP contribution in [0.1, 0.15) is 24.8 Å². The Morgan fingerprint density at radius 2 is 1.84 bits per heavy atom. The number of carbonyl (C=O) groups excluding carboxylic acids is 1. The number of carbonyl (C=O) groups is 1. The van der Waals surface area contributed by atoms with Gasteiger partial charge in [0.2, 0.25) is 0 Å². The molecule has 0 amide bonds. The first kappa shape index (κ1) is 22.9. The van der Waals surface area contributed by atoms with Gasteiger partial charge in [-0.3, -0.25) is 4.79 Å². The summed E-state index contributed by atoms with van der Waals surface area (Å²) in [6.45, 7) is -0.0946. The van der Waals surface area contributed by atoms with Gasteiger partial charge in [0.25, 0.3) is 14.9 Å². The summed E-state index contributed by atoms with van der Waals surface area (Å²) >= 11 is 0. The molecule has 0 spiro atoms. The molecule has 10 heteroatoms. The van der Waals surface area contributed by atoms with E-state index in [4.69, 9.17) is 9.47 Å². The van der Waals surface area contributed by atoms with E-state index < -0.39 is 38.0 Å². The number of ether oxygens (including phenoxy) is 2. The predicted molar refractivity (Wildman–Crippen MR) is 110 cm³/mol. The second-order valence-electron chi connectivity index (χ2n) is 7.17. The maximum Gasteiger partial charge on any atom is 0.336 e. The molecule has 1 atom stereocenters. The molecule has 3 rings (SSSR count). The lowest BCUT2D eigenvalue weighted by atomic mass is 10.1. The fourth-order valence-electron chi connectivity index (χ4n) is 3.33. The smallest absolute Gasteiger partial charge is 0.336 e. The molecule has 0 saturated carbocycles. The molecule has 1 aliphatic rings. The number of hydrogen-bond acceptors (Lipinski definition) is 6. The molecule has 9 nitrogen and oxygen atoms in total. The summed E-state index contributed by atoms with van der Waals surface area (Å²) in [7, 11) is -4.30. The van der Waals surface area contributed by atoms with Crippen LogP contribution in [-0.2, 0) is 30.9 Å². The summed E-state index contributed by atoms with van der Waals surface area (Å²) in [5.41, 5.74) is 0.336. The van der Waals surface area contributed by atoms with Crippen molar-refractivity contribution in [2.75, 3.05) is 19.7 Å². The first-order chi connectivity index (χ1) is 14.9. The molecule has 0 bridgehead atoms. The standard InChI is InChI=1S/C21H25N2O7S/c24-21(30-16-17-8-2-1-3-9-17)15-22(14-18-10-6-7-13-29-18)31(27,28)20-12-5-4-11-19(20)23(25)26/h1-5,8-9,11-12,18H,6-7,10,13-16H2,(H,25,26)/q+1/t18-/m0/s1. The van der Waals surface area contributed by atoms with Gasteiger partial charge in [-0.25, -0.2) is 13.6 Å². The molecule has 1 heterocycles. The number of hydrogen-bond donors (Lipinski definition) is 1. The van der Waals surface area contributed by atoms with Gasteiger partial charge in [0, 0.05) is 19.2 Å². The molecule has 1 saturated heterocycles. The number of sulfonamides is 1. The van der Waals surface area contributed by atoms with Crippen LogP contribution >= 0.6 is 0 Å². The summed E-state index contributed by atoms with van der Waals surface area (Å²) in [5.74, 6) is -0.733. The molecule has 0 unspecified atom stereocenters. The highest BCUT2D eigenvalue weighted by molar-refractivity contribution is 7.89. The van der Waals surface area contributed by atoms with E-state index in [1.807, 2.05) is 6.07 Å². The van der Waals surface area contributed by atoms with Crippen molar-refractivity contribution in [2.45, 2.75) is 36.9 Å². The molecule has 1 aliphatic heterocycles. The van der Waals surface area contributed by atoms with Crippen molar-refractivity contribution >= 4 is 21.7 Å². The Bertz CT molecular complexity index is 1010. The molecular weight excluding hydrogens is 424 g/mol. The lowest BCUT2D eigenvalue weighted by Crippen LogP contribution is -2.43. The van der Waals surface area contributed by atoms with E-state index >= 15 is 0 Å². The lowest BCUT2D eigenvalue weighted by Gasteiger charge is -2.28. The Hall–Kier alpha value is -2.82. The maximum atomic E-state index is 13.3. The Kier molecular flexibility index (Phi) is 7.72. The normalized spacial score (nSPS) is 16.7. The molecule has 2 aromatic carbocycles. The number of para-hydroxylation sites is 1. The molecular formula is C21H25N2O7S+. The maximum absolute atomic E-state index is 13.3. The molecule has 0 aliphatic carbocycles. The monoisotopic (exact) mass is 449 g/mol. The first-order valence-corrected chi connectivity index (χ1v) is 11.4. The SMILES string of the molecule is O=C(CN(C[C@@H]1CCCCO1)S(=O)(=O)c1ccccc1[N+](=O)O)OCc1ccccc1. The Labute approximate surface area is 180 Å². The fourth-order valence-corrected chi connectivity index (χ4v) is 4.90. The van der Waals surface area contributed by atoms with E-state index in [2.05, 4.69) is 0 Å². The number of nitrogens with zero attached hydrogens (tertiary/aromatic N) is 2. The van der Waals surface area contributed by atoms with Crippen molar-refractivity contribution in [3.05, 3.63) is 65.1 Å². The molecule has 1 N–H and O–H groups in total. The third-order valence-electron chi connectivity index (χ3n) is 4.92. The van der Waals surface area contributed by atoms with E-state index in [0.29, 0.717) is 13.0 Å². The zero-order valence-corrected chi connectivity index (χ0v) is 17.7. The minimum atomic E-state index is -4.30. The van der Waals surface area contributed by atoms with Crippen LogP contribution in [0.5, 0.6) is 0 Å². The summed E-state index contributed by atoms with van der Waals surface area (Å²) in [5, 5.41) is 9.34. The average molecular weight is 450 g/mol. The van der Waals surface area contributed by atoms with Gasteiger partial charge < -0.3 is 9.47 Å². The van der Waals surface area contributed by atoms with E-state index in [9.17, 15) is 23.3 Å². The highest BCUT2D eigenvalue weighted by atomic mass is 32.2. The molecule has 166 valence electrons. The fraction of sp³-hybridized carbons (Fsp3) is 0.381. The van der Waals surface area contributed by atoms with Crippen LogP contribution in [0.15, 0.2) is 59.5 Å². The van der Waals surface area contributed by atoms with Crippen molar-refractivity contribution in [2.24, 2.45) is 0 Å². The number of benzene rings is 2. The molecule has 0 aromatic heterocycles. The van der Waals surface area contributed by atoms with Crippen molar-refractivity contribution in [1.29, 1.82) is 0 Å². The molecule has 31 heavy (non-hydrogen) atoms. The van der Waals surface area contributed by atoms with Crippen LogP contribution < -0.4 is 0 Å². The topological polar surface area (TPSA) is 113 Å². The van der Waals surface area contributed by atoms with Gasteiger partial charge in [-0.1, -0.05) is 42.5 Å². The van der Waals surface area contributed by atoms with Gasteiger partial charge in [0.15, 0.2) is 4.90 Å². The van der Waals surface area contributed by atoms with Gasteiger partial charge in [0.1, 0.15) is 13.2 Å². The minimum Gasteiger partial charge on any atom is -0.460 e. The van der Waals surface area contributed by atoms with Gasteiger partial charge in [-0.15, -0.1) is 0 Å². The largest absolute Gasteiger partial charge is 0.460 e. The zero-order chi connectivity index (χ0) is 22.3. The predicted octanol–water partition coefficient (Wildman–Crippen LogP) is 2.79. The highest BCUT2D eigenvalue weighted by Crippen LogP contribution is 2.27. The van der Waals surface area contributed by atoms with Crippen molar-refractivity contribution in [1.82, 2.24) is 4.31 Å². The molecule has 1 fully saturated rings. The van der Waals surface area contributed by atoms with Gasteiger partial charge in [0.05, 0.1) is 11.0 Å². The van der Waals surface area contributed by atoms with E-state index in [0.717, 1.165) is 22.7 Å². The van der Waals surface area contributed by atoms with E-state index in [1.54, 1.807) is 24.3 Å². The Morgan fingerprint density at radius 1 is 1.13 bits per heavy atom. The van der Waals surface area contributed by atoms with Crippen LogP contribution in [0.2, 0.25) is 0 Å². The van der Waals surface area contributed by atoms with Gasteiger partial charge >= 0.3 is 11.7 Å². The summed E-state index contributed by atoms with van der Waals surface area (Å²) in [4.78, 5) is 23.0. The Morgan fingerprint density at radius 3 is 2.52 bits per heavy atom. The number of esters is 1. The second kappa shape index (κ2) is 10.5. The van der Waals surface area contributed by atoms with Crippen LogP contribution in [0, 0.1) is 4.91 Å². The van der Waals surface area contributed by atoms with Crippen LogP contribution in [0.4, 0.5) is 5.69 Å². The van der Waals surface area contributed by atoms with Gasteiger partial charge in [-0.05, 0) is 30.9 Å². The quantitative estimate of drug-likeness (QED) is 0.463. The van der Waals surface area contributed by atoms with Crippen molar-refractivity contribution < 1.29 is 32.8 Å². The van der Waals surface area contributed by atoms with Crippen LogP contribution in [0.25, 0.3) is 0 Å². The molecule has 2 aromatic rings.